The van der Waals surface area contributed by atoms with Gasteiger partial charge in [-0.2, -0.15) is 0 Å². The summed E-state index contributed by atoms with van der Waals surface area (Å²) in [6, 6.07) is 9.02. The highest BCUT2D eigenvalue weighted by Gasteiger charge is 2.18. The number of benzene rings is 2. The molecular formula is C20H26N2O6S. The molecule has 2 aromatic rings. The first-order valence-corrected chi connectivity index (χ1v) is 10.6. The Morgan fingerprint density at radius 3 is 2.03 bits per heavy atom. The van der Waals surface area contributed by atoms with Crippen LogP contribution in [0.5, 0.6) is 17.2 Å². The van der Waals surface area contributed by atoms with E-state index in [0.29, 0.717) is 35.0 Å². The van der Waals surface area contributed by atoms with Gasteiger partial charge in [0.25, 0.3) is 5.91 Å². The molecule has 2 aromatic carbocycles. The Labute approximate surface area is 171 Å². The van der Waals surface area contributed by atoms with Gasteiger partial charge in [-0.3, -0.25) is 4.79 Å². The number of rotatable bonds is 10. The second kappa shape index (κ2) is 10.1. The van der Waals surface area contributed by atoms with Gasteiger partial charge in [0.05, 0.1) is 26.2 Å². The Morgan fingerprint density at radius 1 is 0.966 bits per heavy atom. The summed E-state index contributed by atoms with van der Waals surface area (Å²) in [5.74, 6) is 0.700. The molecule has 0 radical (unpaired) electrons. The molecule has 8 nitrogen and oxygen atoms in total. The first-order chi connectivity index (χ1) is 13.9. The Hall–Kier alpha value is -2.78. The summed E-state index contributed by atoms with van der Waals surface area (Å²) in [4.78, 5) is 12.8. The molecule has 2 rings (SSSR count). The van der Waals surface area contributed by atoms with E-state index in [4.69, 9.17) is 14.2 Å². The van der Waals surface area contributed by atoms with Crippen LogP contribution in [0.3, 0.4) is 0 Å². The van der Waals surface area contributed by atoms with E-state index in [9.17, 15) is 13.2 Å². The largest absolute Gasteiger partial charge is 0.493 e. The monoisotopic (exact) mass is 422 g/mol. The minimum absolute atomic E-state index is 0.138. The molecular weight excluding hydrogens is 396 g/mol. The molecule has 0 saturated heterocycles. The van der Waals surface area contributed by atoms with Gasteiger partial charge in [-0.25, -0.2) is 13.1 Å². The lowest BCUT2D eigenvalue weighted by atomic mass is 10.1. The highest BCUT2D eigenvalue weighted by molar-refractivity contribution is 7.89. The van der Waals surface area contributed by atoms with Gasteiger partial charge in [0.15, 0.2) is 11.5 Å². The van der Waals surface area contributed by atoms with Gasteiger partial charge in [-0.05, 0) is 42.8 Å². The van der Waals surface area contributed by atoms with Crippen molar-refractivity contribution in [1.29, 1.82) is 0 Å². The Bertz CT molecular complexity index is 917. The third-order valence-electron chi connectivity index (χ3n) is 4.17. The van der Waals surface area contributed by atoms with Gasteiger partial charge in [0, 0.05) is 17.8 Å². The van der Waals surface area contributed by atoms with E-state index in [2.05, 4.69) is 10.0 Å². The van der Waals surface area contributed by atoms with Gasteiger partial charge >= 0.3 is 0 Å². The molecule has 2 N–H and O–H groups in total. The molecule has 0 heterocycles. The molecule has 0 saturated carbocycles. The van der Waals surface area contributed by atoms with Crippen LogP contribution in [0.15, 0.2) is 41.3 Å². The minimum atomic E-state index is -3.57. The number of ether oxygens (including phenoxy) is 3. The van der Waals surface area contributed by atoms with Crippen molar-refractivity contribution in [2.75, 3.05) is 33.2 Å². The fourth-order valence-corrected chi connectivity index (χ4v) is 3.67. The average molecular weight is 423 g/mol. The zero-order chi connectivity index (χ0) is 21.4. The number of amides is 1. The maximum absolute atomic E-state index is 12.6. The molecule has 9 heteroatoms. The van der Waals surface area contributed by atoms with Crippen LogP contribution in [0.1, 0.15) is 30.1 Å². The summed E-state index contributed by atoms with van der Waals surface area (Å²) in [7, 11) is 0.844. The van der Waals surface area contributed by atoms with Crippen LogP contribution >= 0.6 is 0 Å². The summed E-state index contributed by atoms with van der Waals surface area (Å²) in [5.41, 5.74) is 0.758. The molecule has 0 aliphatic heterocycles. The van der Waals surface area contributed by atoms with Crippen LogP contribution in [0.4, 0.5) is 5.69 Å². The van der Waals surface area contributed by atoms with Gasteiger partial charge in [0.2, 0.25) is 15.8 Å². The Kier molecular flexibility index (Phi) is 7.86. The molecule has 0 bridgehead atoms. The van der Waals surface area contributed by atoms with Crippen LogP contribution in [0.25, 0.3) is 0 Å². The summed E-state index contributed by atoms with van der Waals surface area (Å²) in [6.45, 7) is 2.37. The van der Waals surface area contributed by atoms with E-state index >= 15 is 0 Å². The molecule has 0 spiro atoms. The third kappa shape index (κ3) is 5.61. The molecule has 0 aliphatic carbocycles. The SMILES string of the molecule is CCCCNS(=O)(=O)c1ccc(NC(=O)c2cc(OC)c(OC)c(OC)c2)cc1. The van der Waals surface area contributed by atoms with E-state index in [1.165, 1.54) is 57.7 Å². The molecule has 0 fully saturated rings. The summed E-state index contributed by atoms with van der Waals surface area (Å²) < 4.78 is 42.8. The minimum Gasteiger partial charge on any atom is -0.493 e. The maximum Gasteiger partial charge on any atom is 0.255 e. The summed E-state index contributed by atoms with van der Waals surface area (Å²) in [6.07, 6.45) is 1.66. The van der Waals surface area contributed by atoms with E-state index in [-0.39, 0.29) is 4.90 Å². The van der Waals surface area contributed by atoms with Crippen LogP contribution < -0.4 is 24.2 Å². The highest BCUT2D eigenvalue weighted by atomic mass is 32.2. The lowest BCUT2D eigenvalue weighted by molar-refractivity contribution is 0.102. The predicted octanol–water partition coefficient (Wildman–Crippen LogP) is 3.04. The fraction of sp³-hybridized carbons (Fsp3) is 0.350. The van der Waals surface area contributed by atoms with Crippen LogP contribution in [0.2, 0.25) is 0 Å². The van der Waals surface area contributed by atoms with Crippen molar-refractivity contribution in [3.8, 4) is 17.2 Å². The van der Waals surface area contributed by atoms with Crippen molar-refractivity contribution in [3.05, 3.63) is 42.0 Å². The number of carbonyl (C=O) groups excluding carboxylic acids is 1. The van der Waals surface area contributed by atoms with Crippen molar-refractivity contribution < 1.29 is 27.4 Å². The smallest absolute Gasteiger partial charge is 0.255 e. The zero-order valence-corrected chi connectivity index (χ0v) is 17.8. The molecule has 0 unspecified atom stereocenters. The van der Waals surface area contributed by atoms with E-state index in [0.717, 1.165) is 12.8 Å². The van der Waals surface area contributed by atoms with E-state index in [1.54, 1.807) is 0 Å². The first kappa shape index (κ1) is 22.5. The summed E-state index contributed by atoms with van der Waals surface area (Å²) >= 11 is 0. The Balaban J connectivity index is 2.17. The maximum atomic E-state index is 12.6. The van der Waals surface area contributed by atoms with Crippen LogP contribution in [0, 0.1) is 0 Å². The topological polar surface area (TPSA) is 103 Å². The normalized spacial score (nSPS) is 11.0. The first-order valence-electron chi connectivity index (χ1n) is 9.07. The van der Waals surface area contributed by atoms with Gasteiger partial charge < -0.3 is 19.5 Å². The number of methoxy groups -OCH3 is 3. The Morgan fingerprint density at radius 2 is 1.55 bits per heavy atom. The predicted molar refractivity (Wildman–Crippen MR) is 111 cm³/mol. The molecule has 0 aliphatic rings. The lowest BCUT2D eigenvalue weighted by Crippen LogP contribution is -2.24. The quantitative estimate of drug-likeness (QED) is 0.571. The second-order valence-corrected chi connectivity index (χ2v) is 7.91. The number of sulfonamides is 1. The number of carbonyl (C=O) groups is 1. The number of hydrogen-bond donors (Lipinski definition) is 2. The number of anilines is 1. The number of nitrogens with one attached hydrogen (secondary N) is 2. The second-order valence-electron chi connectivity index (χ2n) is 6.14. The molecule has 29 heavy (non-hydrogen) atoms. The molecule has 1 amide bonds. The van der Waals surface area contributed by atoms with Crippen molar-refractivity contribution >= 4 is 21.6 Å². The van der Waals surface area contributed by atoms with Crippen molar-refractivity contribution in [1.82, 2.24) is 4.72 Å². The van der Waals surface area contributed by atoms with E-state index < -0.39 is 15.9 Å². The fourth-order valence-electron chi connectivity index (χ4n) is 2.60. The molecule has 0 aromatic heterocycles. The van der Waals surface area contributed by atoms with Crippen LogP contribution in [-0.4, -0.2) is 42.2 Å². The molecule has 158 valence electrons. The third-order valence-corrected chi connectivity index (χ3v) is 5.65. The van der Waals surface area contributed by atoms with Crippen molar-refractivity contribution in [2.45, 2.75) is 24.7 Å². The van der Waals surface area contributed by atoms with Gasteiger partial charge in [0.1, 0.15) is 0 Å². The molecule has 0 atom stereocenters. The van der Waals surface area contributed by atoms with Crippen molar-refractivity contribution in [2.24, 2.45) is 0 Å². The average Bonchev–Trinajstić information content (AvgIpc) is 2.73. The number of hydrogen-bond acceptors (Lipinski definition) is 6. The van der Waals surface area contributed by atoms with Crippen molar-refractivity contribution in [3.63, 3.8) is 0 Å². The standard InChI is InChI=1S/C20H26N2O6S/c1-5-6-11-21-29(24,25)16-9-7-15(8-10-16)22-20(23)14-12-17(26-2)19(28-4)18(13-14)27-3/h7-10,12-13,21H,5-6,11H2,1-4H3,(H,22,23). The lowest BCUT2D eigenvalue weighted by Gasteiger charge is -2.14. The van der Waals surface area contributed by atoms with Crippen LogP contribution in [-0.2, 0) is 10.0 Å². The van der Waals surface area contributed by atoms with Gasteiger partial charge in [-0.1, -0.05) is 13.3 Å². The highest BCUT2D eigenvalue weighted by Crippen LogP contribution is 2.38. The zero-order valence-electron chi connectivity index (χ0n) is 16.9. The van der Waals surface area contributed by atoms with Gasteiger partial charge in [-0.15, -0.1) is 0 Å². The number of unbranched alkanes of at least 4 members (excludes halogenated alkanes) is 1. The van der Waals surface area contributed by atoms with E-state index in [1.807, 2.05) is 6.92 Å². The summed E-state index contributed by atoms with van der Waals surface area (Å²) in [5, 5.41) is 2.72.